The fourth-order valence-corrected chi connectivity index (χ4v) is 4.22. The number of sulfonamides is 1. The molecule has 1 N–H and O–H groups in total. The van der Waals surface area contributed by atoms with Crippen molar-refractivity contribution in [1.82, 2.24) is 9.21 Å². The summed E-state index contributed by atoms with van der Waals surface area (Å²) in [4.78, 5) is 13.4. The molecule has 1 aromatic carbocycles. The second-order valence-electron chi connectivity index (χ2n) is 5.07. The summed E-state index contributed by atoms with van der Waals surface area (Å²) in [5, 5.41) is 9.12. The van der Waals surface area contributed by atoms with Gasteiger partial charge in [0.1, 0.15) is 0 Å². The van der Waals surface area contributed by atoms with Crippen molar-refractivity contribution in [3.8, 4) is 0 Å². The average molecular weight is 312 g/mol. The molecule has 7 heteroatoms. The lowest BCUT2D eigenvalue weighted by atomic mass is 10.1. The molecule has 1 fully saturated rings. The highest BCUT2D eigenvalue weighted by atomic mass is 32.2. The molecule has 2 rings (SSSR count). The Balaban J connectivity index is 2.33. The predicted molar refractivity (Wildman–Crippen MR) is 79.0 cm³/mol. The largest absolute Gasteiger partial charge is 0.478 e. The minimum absolute atomic E-state index is 0.0308. The minimum Gasteiger partial charge on any atom is -0.478 e. The van der Waals surface area contributed by atoms with Gasteiger partial charge >= 0.3 is 5.97 Å². The van der Waals surface area contributed by atoms with Crippen LogP contribution in [0, 0.1) is 6.92 Å². The van der Waals surface area contributed by atoms with E-state index < -0.39 is 16.0 Å². The van der Waals surface area contributed by atoms with E-state index in [1.165, 1.54) is 22.5 Å². The van der Waals surface area contributed by atoms with Crippen molar-refractivity contribution in [3.63, 3.8) is 0 Å². The number of carbonyl (C=O) groups is 1. The van der Waals surface area contributed by atoms with Gasteiger partial charge in [0, 0.05) is 26.2 Å². The summed E-state index contributed by atoms with van der Waals surface area (Å²) >= 11 is 0. The Labute approximate surface area is 125 Å². The van der Waals surface area contributed by atoms with Gasteiger partial charge in [0.05, 0.1) is 10.5 Å². The van der Waals surface area contributed by atoms with E-state index in [0.29, 0.717) is 31.7 Å². The highest BCUT2D eigenvalue weighted by Crippen LogP contribution is 2.23. The Morgan fingerprint density at radius 3 is 2.38 bits per heavy atom. The zero-order valence-corrected chi connectivity index (χ0v) is 13.1. The minimum atomic E-state index is -3.64. The van der Waals surface area contributed by atoms with Gasteiger partial charge in [-0.15, -0.1) is 0 Å². The molecule has 6 nitrogen and oxygen atoms in total. The number of likely N-dealkylation sites (N-methyl/N-ethyl adjacent to an activating group) is 1. The summed E-state index contributed by atoms with van der Waals surface area (Å²) in [5.41, 5.74) is 0.325. The molecule has 0 saturated carbocycles. The fourth-order valence-electron chi connectivity index (χ4n) is 2.55. The summed E-state index contributed by atoms with van der Waals surface area (Å²) in [6, 6.07) is 4.38. The number of hydrogen-bond acceptors (Lipinski definition) is 4. The summed E-state index contributed by atoms with van der Waals surface area (Å²) in [6.45, 7) is 6.77. The maximum atomic E-state index is 12.7. The molecule has 0 aromatic heterocycles. The van der Waals surface area contributed by atoms with Crippen molar-refractivity contribution in [2.75, 3.05) is 32.7 Å². The number of rotatable bonds is 4. The van der Waals surface area contributed by atoms with Gasteiger partial charge in [-0.3, -0.25) is 0 Å². The molecule has 0 radical (unpaired) electrons. The van der Waals surface area contributed by atoms with E-state index in [1.807, 2.05) is 6.92 Å². The zero-order valence-electron chi connectivity index (χ0n) is 12.2. The van der Waals surface area contributed by atoms with E-state index in [2.05, 4.69) is 4.90 Å². The fraction of sp³-hybridized carbons (Fsp3) is 0.500. The highest BCUT2D eigenvalue weighted by molar-refractivity contribution is 7.89. The second-order valence-corrected chi connectivity index (χ2v) is 6.98. The van der Waals surface area contributed by atoms with Crippen LogP contribution in [0.1, 0.15) is 22.8 Å². The first-order valence-corrected chi connectivity index (χ1v) is 8.37. The molecule has 1 aliphatic rings. The molecular formula is C14H20N2O4S. The average Bonchev–Trinajstić information content (AvgIpc) is 2.47. The molecule has 1 aliphatic heterocycles. The molecule has 116 valence electrons. The number of benzene rings is 1. The summed E-state index contributed by atoms with van der Waals surface area (Å²) in [7, 11) is -3.64. The summed E-state index contributed by atoms with van der Waals surface area (Å²) in [5.74, 6) is -1.11. The third-order valence-electron chi connectivity index (χ3n) is 3.91. The maximum absolute atomic E-state index is 12.7. The topological polar surface area (TPSA) is 77.9 Å². The molecule has 0 unspecified atom stereocenters. The van der Waals surface area contributed by atoms with Crippen LogP contribution in [0.3, 0.4) is 0 Å². The van der Waals surface area contributed by atoms with Crippen molar-refractivity contribution in [2.45, 2.75) is 18.7 Å². The van der Waals surface area contributed by atoms with Crippen molar-refractivity contribution >= 4 is 16.0 Å². The van der Waals surface area contributed by atoms with E-state index in [9.17, 15) is 13.2 Å². The maximum Gasteiger partial charge on any atom is 0.335 e. The SMILES string of the molecule is CCN1CCN(S(=O)(=O)c2cccc(C(=O)O)c2C)CC1. The van der Waals surface area contributed by atoms with Crippen molar-refractivity contribution in [1.29, 1.82) is 0 Å². The Hall–Kier alpha value is -1.44. The first kappa shape index (κ1) is 15.9. The van der Waals surface area contributed by atoms with Crippen LogP contribution in [0.25, 0.3) is 0 Å². The Morgan fingerprint density at radius 1 is 1.24 bits per heavy atom. The van der Waals surface area contributed by atoms with E-state index in [1.54, 1.807) is 6.92 Å². The van der Waals surface area contributed by atoms with Crippen LogP contribution in [0.4, 0.5) is 0 Å². The first-order chi connectivity index (χ1) is 9.87. The van der Waals surface area contributed by atoms with E-state index in [-0.39, 0.29) is 10.5 Å². The highest BCUT2D eigenvalue weighted by Gasteiger charge is 2.30. The number of aromatic carboxylic acids is 1. The molecule has 1 saturated heterocycles. The third kappa shape index (κ3) is 3.09. The molecule has 21 heavy (non-hydrogen) atoms. The summed E-state index contributed by atoms with van der Waals surface area (Å²) in [6.07, 6.45) is 0. The van der Waals surface area contributed by atoms with E-state index in [4.69, 9.17) is 5.11 Å². The molecule has 0 bridgehead atoms. The van der Waals surface area contributed by atoms with Crippen LogP contribution in [-0.2, 0) is 10.0 Å². The van der Waals surface area contributed by atoms with Gasteiger partial charge in [0.15, 0.2) is 0 Å². The second kappa shape index (κ2) is 6.13. The van der Waals surface area contributed by atoms with E-state index >= 15 is 0 Å². The number of nitrogens with zero attached hydrogens (tertiary/aromatic N) is 2. The van der Waals surface area contributed by atoms with Crippen LogP contribution in [-0.4, -0.2) is 61.4 Å². The van der Waals surface area contributed by atoms with Crippen molar-refractivity contribution in [2.24, 2.45) is 0 Å². The standard InChI is InChI=1S/C14H20N2O4S/c1-3-15-7-9-16(10-8-15)21(19,20)13-6-4-5-12(11(13)2)14(17)18/h4-6H,3,7-10H2,1-2H3,(H,17,18). The molecule has 1 heterocycles. The van der Waals surface area contributed by atoms with E-state index in [0.717, 1.165) is 6.54 Å². The number of hydrogen-bond donors (Lipinski definition) is 1. The normalized spacial score (nSPS) is 17.8. The van der Waals surface area contributed by atoms with Gasteiger partial charge in [0.25, 0.3) is 0 Å². The monoisotopic (exact) mass is 312 g/mol. The lowest BCUT2D eigenvalue weighted by Crippen LogP contribution is -2.48. The molecular weight excluding hydrogens is 292 g/mol. The molecule has 0 spiro atoms. The Bertz CT molecular complexity index is 634. The summed E-state index contributed by atoms with van der Waals surface area (Å²) < 4.78 is 26.8. The van der Waals surface area contributed by atoms with Crippen molar-refractivity contribution < 1.29 is 18.3 Å². The smallest absolute Gasteiger partial charge is 0.335 e. The first-order valence-electron chi connectivity index (χ1n) is 6.93. The third-order valence-corrected chi connectivity index (χ3v) is 5.95. The number of carboxylic acids is 1. The lowest BCUT2D eigenvalue weighted by Gasteiger charge is -2.33. The number of carboxylic acid groups (broad SMARTS) is 1. The molecule has 0 amide bonds. The Kier molecular flexibility index (Phi) is 4.65. The molecule has 1 aromatic rings. The van der Waals surface area contributed by atoms with Crippen LogP contribution < -0.4 is 0 Å². The van der Waals surface area contributed by atoms with Gasteiger partial charge in [-0.25, -0.2) is 13.2 Å². The van der Waals surface area contributed by atoms with Gasteiger partial charge in [-0.1, -0.05) is 13.0 Å². The molecule has 0 aliphatic carbocycles. The van der Waals surface area contributed by atoms with Crippen LogP contribution in [0.15, 0.2) is 23.1 Å². The zero-order chi connectivity index (χ0) is 15.6. The Morgan fingerprint density at radius 2 is 1.86 bits per heavy atom. The number of piperazine rings is 1. The predicted octanol–water partition coefficient (Wildman–Crippen LogP) is 1.02. The van der Waals surface area contributed by atoms with Gasteiger partial charge < -0.3 is 10.0 Å². The van der Waals surface area contributed by atoms with Gasteiger partial charge in [-0.2, -0.15) is 4.31 Å². The molecule has 0 atom stereocenters. The quantitative estimate of drug-likeness (QED) is 0.898. The van der Waals surface area contributed by atoms with Crippen LogP contribution in [0.2, 0.25) is 0 Å². The lowest BCUT2D eigenvalue weighted by molar-refractivity contribution is 0.0696. The van der Waals surface area contributed by atoms with Crippen molar-refractivity contribution in [3.05, 3.63) is 29.3 Å². The van der Waals surface area contributed by atoms with Crippen LogP contribution >= 0.6 is 0 Å². The van der Waals surface area contributed by atoms with Gasteiger partial charge in [0.2, 0.25) is 10.0 Å². The van der Waals surface area contributed by atoms with Crippen LogP contribution in [0.5, 0.6) is 0 Å². The van der Waals surface area contributed by atoms with Gasteiger partial charge in [-0.05, 0) is 31.2 Å².